The molecule has 2 aromatic heterocycles. The van der Waals surface area contributed by atoms with Gasteiger partial charge in [0.05, 0.1) is 18.0 Å². The highest BCUT2D eigenvalue weighted by molar-refractivity contribution is 7.99. The van der Waals surface area contributed by atoms with Crippen LogP contribution in [0.4, 0.5) is 5.13 Å². The van der Waals surface area contributed by atoms with E-state index >= 15 is 0 Å². The highest BCUT2D eigenvalue weighted by Crippen LogP contribution is 2.26. The van der Waals surface area contributed by atoms with Gasteiger partial charge in [-0.3, -0.25) is 4.79 Å². The normalized spacial score (nSPS) is 11.0. The van der Waals surface area contributed by atoms with Crippen molar-refractivity contribution in [3.05, 3.63) is 112 Å². The van der Waals surface area contributed by atoms with E-state index in [0.29, 0.717) is 28.3 Å². The fourth-order valence-corrected chi connectivity index (χ4v) is 5.36. The third-order valence-electron chi connectivity index (χ3n) is 5.68. The maximum Gasteiger partial charge on any atom is 0.236 e. The molecular formula is C28H24ClN5OS2. The zero-order valence-electron chi connectivity index (χ0n) is 20.1. The summed E-state index contributed by atoms with van der Waals surface area (Å²) in [5.41, 5.74) is 5.30. The van der Waals surface area contributed by atoms with Crippen molar-refractivity contribution >= 4 is 45.7 Å². The molecule has 0 fully saturated rings. The van der Waals surface area contributed by atoms with Crippen LogP contribution in [0.2, 0.25) is 5.02 Å². The fourth-order valence-electron chi connectivity index (χ4n) is 3.74. The molecular weight excluding hydrogens is 522 g/mol. The Kier molecular flexibility index (Phi) is 7.99. The van der Waals surface area contributed by atoms with Crippen LogP contribution in [0.25, 0.3) is 11.3 Å². The molecule has 0 aliphatic carbocycles. The summed E-state index contributed by atoms with van der Waals surface area (Å²) < 4.78 is 2.06. The molecule has 9 heteroatoms. The number of anilines is 1. The van der Waals surface area contributed by atoms with Crippen molar-refractivity contribution in [1.82, 2.24) is 19.7 Å². The van der Waals surface area contributed by atoms with Gasteiger partial charge in [0.2, 0.25) is 5.91 Å². The topological polar surface area (TPSA) is 72.7 Å². The molecule has 0 spiro atoms. The fraction of sp³-hybridized carbons (Fsp3) is 0.143. The number of nitrogens with zero attached hydrogens (tertiary/aromatic N) is 4. The number of rotatable bonds is 9. The van der Waals surface area contributed by atoms with E-state index < -0.39 is 0 Å². The van der Waals surface area contributed by atoms with E-state index in [9.17, 15) is 4.79 Å². The molecule has 3 aromatic carbocycles. The van der Waals surface area contributed by atoms with Crippen LogP contribution in [0.5, 0.6) is 0 Å². The second kappa shape index (κ2) is 11.7. The van der Waals surface area contributed by atoms with Gasteiger partial charge in [-0.05, 0) is 30.2 Å². The van der Waals surface area contributed by atoms with Gasteiger partial charge in [0.25, 0.3) is 0 Å². The Hall–Kier alpha value is -3.46. The smallest absolute Gasteiger partial charge is 0.236 e. The van der Waals surface area contributed by atoms with Crippen LogP contribution in [0.1, 0.15) is 22.5 Å². The summed E-state index contributed by atoms with van der Waals surface area (Å²) in [6.07, 6.45) is 0.648. The molecule has 0 aliphatic rings. The van der Waals surface area contributed by atoms with E-state index in [1.165, 1.54) is 28.7 Å². The van der Waals surface area contributed by atoms with Gasteiger partial charge in [0, 0.05) is 22.4 Å². The molecule has 2 heterocycles. The summed E-state index contributed by atoms with van der Waals surface area (Å²) in [7, 11) is 0. The number of nitrogens with one attached hydrogen (secondary N) is 1. The Labute approximate surface area is 228 Å². The van der Waals surface area contributed by atoms with E-state index in [1.807, 2.05) is 60.0 Å². The predicted molar refractivity (Wildman–Crippen MR) is 151 cm³/mol. The number of aromatic nitrogens is 4. The SMILES string of the molecule is Cc1ccc(-c2csc(NC(=O)CSc3nnc(Cc4ccccc4)n3Cc3ccc(Cl)cc3)n2)cc1. The standard InChI is InChI=1S/C28H24ClN5OS2/c1-19-7-11-22(12-8-19)24-17-36-27(30-24)31-26(35)18-37-28-33-32-25(15-20-5-3-2-4-6-20)34(28)16-21-9-13-23(29)14-10-21/h2-14,17H,15-16,18H2,1H3,(H,30,31,35). The average molecular weight is 546 g/mol. The van der Waals surface area contributed by atoms with Crippen LogP contribution in [-0.4, -0.2) is 31.4 Å². The third-order valence-corrected chi connectivity index (χ3v) is 7.66. The maximum atomic E-state index is 12.7. The van der Waals surface area contributed by atoms with E-state index in [4.69, 9.17) is 11.6 Å². The van der Waals surface area contributed by atoms with Gasteiger partial charge >= 0.3 is 0 Å². The van der Waals surface area contributed by atoms with Gasteiger partial charge in [-0.1, -0.05) is 95.7 Å². The van der Waals surface area contributed by atoms with Crippen LogP contribution < -0.4 is 5.32 Å². The second-order valence-corrected chi connectivity index (χ2v) is 10.8. The number of hydrogen-bond donors (Lipinski definition) is 1. The molecule has 1 N–H and O–H groups in total. The first kappa shape index (κ1) is 25.2. The molecule has 0 aliphatic heterocycles. The van der Waals surface area contributed by atoms with Crippen LogP contribution in [0, 0.1) is 6.92 Å². The minimum absolute atomic E-state index is 0.138. The van der Waals surface area contributed by atoms with Gasteiger partial charge in [-0.2, -0.15) is 0 Å². The molecule has 0 saturated heterocycles. The van der Waals surface area contributed by atoms with Crippen molar-refractivity contribution in [2.75, 3.05) is 11.1 Å². The predicted octanol–water partition coefficient (Wildman–Crippen LogP) is 6.73. The van der Waals surface area contributed by atoms with Crippen LogP contribution >= 0.6 is 34.7 Å². The molecule has 0 bridgehead atoms. The first-order valence-electron chi connectivity index (χ1n) is 11.7. The number of carbonyl (C=O) groups is 1. The molecule has 5 rings (SSSR count). The van der Waals surface area contributed by atoms with E-state index in [1.54, 1.807) is 0 Å². The Bertz CT molecular complexity index is 1480. The summed E-state index contributed by atoms with van der Waals surface area (Å²) in [6, 6.07) is 26.1. The molecule has 186 valence electrons. The molecule has 37 heavy (non-hydrogen) atoms. The number of amides is 1. The monoisotopic (exact) mass is 545 g/mol. The summed E-state index contributed by atoms with van der Waals surface area (Å²) in [5, 5.41) is 15.7. The van der Waals surface area contributed by atoms with Gasteiger partial charge in [0.1, 0.15) is 5.82 Å². The second-order valence-electron chi connectivity index (χ2n) is 8.51. The molecule has 5 aromatic rings. The number of benzene rings is 3. The van der Waals surface area contributed by atoms with Gasteiger partial charge < -0.3 is 9.88 Å². The van der Waals surface area contributed by atoms with Gasteiger partial charge in [-0.15, -0.1) is 21.5 Å². The number of halogens is 1. The maximum absolute atomic E-state index is 12.7. The lowest BCUT2D eigenvalue weighted by Crippen LogP contribution is -2.15. The van der Waals surface area contributed by atoms with Crippen molar-refractivity contribution in [1.29, 1.82) is 0 Å². The van der Waals surface area contributed by atoms with Gasteiger partial charge in [0.15, 0.2) is 10.3 Å². The molecule has 0 saturated carbocycles. The zero-order valence-corrected chi connectivity index (χ0v) is 22.5. The number of carbonyl (C=O) groups excluding carboxylic acids is 1. The molecule has 0 atom stereocenters. The van der Waals surface area contributed by atoms with Crippen LogP contribution in [0.15, 0.2) is 89.4 Å². The zero-order chi connectivity index (χ0) is 25.6. The lowest BCUT2D eigenvalue weighted by molar-refractivity contribution is -0.113. The quantitative estimate of drug-likeness (QED) is 0.208. The molecule has 0 unspecified atom stereocenters. The molecule has 0 radical (unpaired) electrons. The minimum Gasteiger partial charge on any atom is -0.301 e. The summed E-state index contributed by atoms with van der Waals surface area (Å²) in [6.45, 7) is 2.64. The van der Waals surface area contributed by atoms with Gasteiger partial charge in [-0.25, -0.2) is 4.98 Å². The van der Waals surface area contributed by atoms with Crippen molar-refractivity contribution in [2.45, 2.75) is 25.0 Å². The van der Waals surface area contributed by atoms with Crippen molar-refractivity contribution < 1.29 is 4.79 Å². The van der Waals surface area contributed by atoms with E-state index in [-0.39, 0.29) is 11.7 Å². The first-order chi connectivity index (χ1) is 18.0. The highest BCUT2D eigenvalue weighted by Gasteiger charge is 2.16. The molecule has 6 nitrogen and oxygen atoms in total. The van der Waals surface area contributed by atoms with Crippen molar-refractivity contribution in [3.63, 3.8) is 0 Å². The Morgan fingerprint density at radius 2 is 1.73 bits per heavy atom. The summed E-state index contributed by atoms with van der Waals surface area (Å²) >= 11 is 8.85. The Balaban J connectivity index is 1.27. The third kappa shape index (κ3) is 6.65. The Morgan fingerprint density at radius 1 is 0.973 bits per heavy atom. The minimum atomic E-state index is -0.138. The van der Waals surface area contributed by atoms with Crippen molar-refractivity contribution in [3.8, 4) is 11.3 Å². The first-order valence-corrected chi connectivity index (χ1v) is 13.9. The Morgan fingerprint density at radius 3 is 2.49 bits per heavy atom. The van der Waals surface area contributed by atoms with Crippen LogP contribution in [0.3, 0.4) is 0 Å². The largest absolute Gasteiger partial charge is 0.301 e. The lowest BCUT2D eigenvalue weighted by Gasteiger charge is -2.11. The lowest BCUT2D eigenvalue weighted by atomic mass is 10.1. The number of thiazole rings is 1. The van der Waals surface area contributed by atoms with E-state index in [2.05, 4.69) is 56.3 Å². The van der Waals surface area contributed by atoms with Crippen LogP contribution in [-0.2, 0) is 17.8 Å². The number of thioether (sulfide) groups is 1. The molecule has 1 amide bonds. The number of aryl methyl sites for hydroxylation is 1. The average Bonchev–Trinajstić information content (AvgIpc) is 3.52. The highest BCUT2D eigenvalue weighted by atomic mass is 35.5. The van der Waals surface area contributed by atoms with E-state index in [0.717, 1.165) is 28.2 Å². The summed E-state index contributed by atoms with van der Waals surface area (Å²) in [5.74, 6) is 0.899. The summed E-state index contributed by atoms with van der Waals surface area (Å²) in [4.78, 5) is 17.3. The number of hydrogen-bond acceptors (Lipinski definition) is 6. The van der Waals surface area contributed by atoms with Crippen molar-refractivity contribution in [2.24, 2.45) is 0 Å².